The monoisotopic (exact) mass is 326 g/mol. The van der Waals surface area contributed by atoms with Gasteiger partial charge in [0, 0.05) is 25.7 Å². The summed E-state index contributed by atoms with van der Waals surface area (Å²) >= 11 is 0. The van der Waals surface area contributed by atoms with E-state index in [4.69, 9.17) is 0 Å². The minimum Gasteiger partial charge on any atom is -0.357 e. The molecule has 5 heteroatoms. The van der Waals surface area contributed by atoms with E-state index in [1.807, 2.05) is 24.4 Å². The van der Waals surface area contributed by atoms with Crippen LogP contribution in [0.5, 0.6) is 0 Å². The van der Waals surface area contributed by atoms with E-state index in [0.717, 1.165) is 56.2 Å². The topological polar surface area (TPSA) is 41.1 Å². The lowest BCUT2D eigenvalue weighted by molar-refractivity contribution is 0.323. The Morgan fingerprint density at radius 3 is 2.75 bits per heavy atom. The SMILES string of the molecule is CCCc1nccc(NCN2CC=C(c3ccc(F)cc3)CC2)n1. The molecule has 0 fully saturated rings. The highest BCUT2D eigenvalue weighted by Gasteiger charge is 2.13. The van der Waals surface area contributed by atoms with Crippen molar-refractivity contribution in [1.29, 1.82) is 0 Å². The first kappa shape index (κ1) is 16.6. The van der Waals surface area contributed by atoms with Crippen LogP contribution in [0.4, 0.5) is 10.2 Å². The van der Waals surface area contributed by atoms with E-state index >= 15 is 0 Å². The highest BCUT2D eigenvalue weighted by molar-refractivity contribution is 5.66. The van der Waals surface area contributed by atoms with E-state index in [-0.39, 0.29) is 5.82 Å². The van der Waals surface area contributed by atoms with Gasteiger partial charge in [-0.2, -0.15) is 0 Å². The Bertz CT molecular complexity index is 697. The number of hydrogen-bond acceptors (Lipinski definition) is 4. The average Bonchev–Trinajstić information content (AvgIpc) is 2.62. The van der Waals surface area contributed by atoms with E-state index < -0.39 is 0 Å². The van der Waals surface area contributed by atoms with Gasteiger partial charge in [-0.05, 0) is 42.2 Å². The van der Waals surface area contributed by atoms with Crippen LogP contribution < -0.4 is 5.32 Å². The normalized spacial score (nSPS) is 15.2. The number of benzene rings is 1. The van der Waals surface area contributed by atoms with Crippen LogP contribution in [0.15, 0.2) is 42.6 Å². The molecule has 0 spiro atoms. The molecule has 126 valence electrons. The molecule has 1 aliphatic heterocycles. The van der Waals surface area contributed by atoms with Gasteiger partial charge in [-0.15, -0.1) is 0 Å². The van der Waals surface area contributed by atoms with E-state index in [0.29, 0.717) is 0 Å². The quantitative estimate of drug-likeness (QED) is 0.878. The molecule has 4 nitrogen and oxygen atoms in total. The molecule has 1 aromatic heterocycles. The van der Waals surface area contributed by atoms with Crippen LogP contribution in [-0.4, -0.2) is 34.6 Å². The van der Waals surface area contributed by atoms with Gasteiger partial charge >= 0.3 is 0 Å². The zero-order chi connectivity index (χ0) is 16.8. The summed E-state index contributed by atoms with van der Waals surface area (Å²) in [6.45, 7) is 4.74. The second-order valence-corrected chi connectivity index (χ2v) is 6.01. The second-order valence-electron chi connectivity index (χ2n) is 6.01. The Labute approximate surface area is 142 Å². The highest BCUT2D eigenvalue weighted by Crippen LogP contribution is 2.22. The number of rotatable bonds is 6. The van der Waals surface area contributed by atoms with Crippen molar-refractivity contribution in [3.63, 3.8) is 0 Å². The first-order valence-corrected chi connectivity index (χ1v) is 8.47. The van der Waals surface area contributed by atoms with Crippen LogP contribution in [0.1, 0.15) is 31.2 Å². The fourth-order valence-electron chi connectivity index (χ4n) is 2.82. The molecule has 1 N–H and O–H groups in total. The van der Waals surface area contributed by atoms with Crippen LogP contribution in [0.2, 0.25) is 0 Å². The van der Waals surface area contributed by atoms with E-state index in [2.05, 4.69) is 33.2 Å². The zero-order valence-corrected chi connectivity index (χ0v) is 14.0. The number of halogens is 1. The summed E-state index contributed by atoms with van der Waals surface area (Å²) in [4.78, 5) is 11.1. The molecule has 0 aliphatic carbocycles. The largest absolute Gasteiger partial charge is 0.357 e. The number of aryl methyl sites for hydroxylation is 1. The van der Waals surface area contributed by atoms with Crippen molar-refractivity contribution >= 4 is 11.4 Å². The molecule has 0 unspecified atom stereocenters. The third kappa shape index (κ3) is 4.38. The van der Waals surface area contributed by atoms with Crippen LogP contribution in [0, 0.1) is 5.82 Å². The molecule has 0 saturated carbocycles. The molecule has 0 atom stereocenters. The predicted molar refractivity (Wildman–Crippen MR) is 95.1 cm³/mol. The average molecular weight is 326 g/mol. The van der Waals surface area contributed by atoms with Crippen molar-refractivity contribution in [2.24, 2.45) is 0 Å². The molecule has 1 aliphatic rings. The maximum atomic E-state index is 13.0. The van der Waals surface area contributed by atoms with Crippen molar-refractivity contribution < 1.29 is 4.39 Å². The van der Waals surface area contributed by atoms with Crippen LogP contribution in [0.3, 0.4) is 0 Å². The summed E-state index contributed by atoms with van der Waals surface area (Å²) in [5.74, 6) is 1.58. The fourth-order valence-corrected chi connectivity index (χ4v) is 2.82. The van der Waals surface area contributed by atoms with Gasteiger partial charge in [0.1, 0.15) is 17.5 Å². The van der Waals surface area contributed by atoms with Gasteiger partial charge < -0.3 is 5.32 Å². The van der Waals surface area contributed by atoms with Crippen LogP contribution in [0.25, 0.3) is 5.57 Å². The Morgan fingerprint density at radius 2 is 2.04 bits per heavy atom. The van der Waals surface area contributed by atoms with E-state index in [9.17, 15) is 4.39 Å². The highest BCUT2D eigenvalue weighted by atomic mass is 19.1. The lowest BCUT2D eigenvalue weighted by atomic mass is 10.00. The Morgan fingerprint density at radius 1 is 1.21 bits per heavy atom. The van der Waals surface area contributed by atoms with Crippen LogP contribution in [-0.2, 0) is 6.42 Å². The minimum absolute atomic E-state index is 0.187. The van der Waals surface area contributed by atoms with Crippen molar-refractivity contribution in [2.45, 2.75) is 26.2 Å². The summed E-state index contributed by atoms with van der Waals surface area (Å²) in [7, 11) is 0. The Balaban J connectivity index is 1.53. The fraction of sp³-hybridized carbons (Fsp3) is 0.368. The number of anilines is 1. The van der Waals surface area contributed by atoms with Gasteiger partial charge in [0.2, 0.25) is 0 Å². The molecule has 0 saturated heterocycles. The second kappa shape index (κ2) is 8.02. The maximum Gasteiger partial charge on any atom is 0.130 e. The minimum atomic E-state index is -0.187. The van der Waals surface area contributed by atoms with Gasteiger partial charge in [0.05, 0.1) is 6.67 Å². The Kier molecular flexibility index (Phi) is 5.54. The predicted octanol–water partition coefficient (Wildman–Crippen LogP) is 3.73. The maximum absolute atomic E-state index is 13.0. The van der Waals surface area contributed by atoms with Crippen molar-refractivity contribution in [1.82, 2.24) is 14.9 Å². The van der Waals surface area contributed by atoms with Gasteiger partial charge in [0.15, 0.2) is 0 Å². The van der Waals surface area contributed by atoms with Crippen LogP contribution >= 0.6 is 0 Å². The van der Waals surface area contributed by atoms with Gasteiger partial charge in [-0.25, -0.2) is 14.4 Å². The molecule has 0 bridgehead atoms. The molecule has 1 aromatic carbocycles. The Hall–Kier alpha value is -2.27. The van der Waals surface area contributed by atoms with Gasteiger partial charge in [0.25, 0.3) is 0 Å². The summed E-state index contributed by atoms with van der Waals surface area (Å²) in [6, 6.07) is 8.65. The standard InChI is InChI=1S/C19H23FN4/c1-2-3-18-21-11-8-19(23-18)22-14-24-12-9-16(10-13-24)15-4-6-17(20)7-5-15/h4-9,11H,2-3,10,12-14H2,1H3,(H,21,22,23). The summed E-state index contributed by atoms with van der Waals surface area (Å²) in [5, 5.41) is 3.37. The number of nitrogens with zero attached hydrogens (tertiary/aromatic N) is 3. The molecule has 0 radical (unpaired) electrons. The molecule has 2 aromatic rings. The van der Waals surface area contributed by atoms with E-state index in [1.54, 1.807) is 0 Å². The van der Waals surface area contributed by atoms with Crippen molar-refractivity contribution in [3.05, 3.63) is 59.8 Å². The first-order valence-electron chi connectivity index (χ1n) is 8.47. The molecule has 2 heterocycles. The molecule has 24 heavy (non-hydrogen) atoms. The summed E-state index contributed by atoms with van der Waals surface area (Å²) < 4.78 is 13.0. The zero-order valence-electron chi connectivity index (χ0n) is 14.0. The van der Waals surface area contributed by atoms with Gasteiger partial charge in [-0.1, -0.05) is 25.1 Å². The number of nitrogens with one attached hydrogen (secondary N) is 1. The smallest absolute Gasteiger partial charge is 0.130 e. The molecular formula is C19H23FN4. The van der Waals surface area contributed by atoms with Gasteiger partial charge in [-0.3, -0.25) is 4.90 Å². The summed E-state index contributed by atoms with van der Waals surface area (Å²) in [5.41, 5.74) is 2.41. The third-order valence-electron chi connectivity index (χ3n) is 4.17. The molecule has 3 rings (SSSR count). The van der Waals surface area contributed by atoms with Crippen molar-refractivity contribution in [2.75, 3.05) is 25.1 Å². The lowest BCUT2D eigenvalue weighted by Crippen LogP contribution is -2.33. The van der Waals surface area contributed by atoms with Crippen molar-refractivity contribution in [3.8, 4) is 0 Å². The first-order chi connectivity index (χ1) is 11.7. The molecule has 0 amide bonds. The number of aromatic nitrogens is 2. The molecular weight excluding hydrogens is 303 g/mol. The van der Waals surface area contributed by atoms with E-state index in [1.165, 1.54) is 17.7 Å². The third-order valence-corrected chi connectivity index (χ3v) is 4.17. The summed E-state index contributed by atoms with van der Waals surface area (Å²) in [6.07, 6.45) is 6.96. The lowest BCUT2D eigenvalue weighted by Gasteiger charge is -2.26. The number of hydrogen-bond donors (Lipinski definition) is 1.